The Labute approximate surface area is 111 Å². The SMILES string of the molecule is O=S(=O)(Cl)c1c(C(F)F)ncc(Br)c1I. The molecule has 0 atom stereocenters. The minimum absolute atomic E-state index is 0.0906. The number of hydrogen-bond donors (Lipinski definition) is 0. The molecule has 15 heavy (non-hydrogen) atoms. The van der Waals surface area contributed by atoms with Gasteiger partial charge in [-0.1, -0.05) is 0 Å². The van der Waals surface area contributed by atoms with Gasteiger partial charge in [0.2, 0.25) is 0 Å². The van der Waals surface area contributed by atoms with Gasteiger partial charge in [-0.25, -0.2) is 17.2 Å². The second-order valence-corrected chi connectivity index (χ2v) is 6.81. The number of aromatic nitrogens is 1. The highest BCUT2D eigenvalue weighted by atomic mass is 127. The van der Waals surface area contributed by atoms with E-state index in [1.54, 1.807) is 22.6 Å². The van der Waals surface area contributed by atoms with Gasteiger partial charge in [0.25, 0.3) is 15.5 Å². The van der Waals surface area contributed by atoms with E-state index in [1.807, 2.05) is 0 Å². The summed E-state index contributed by atoms with van der Waals surface area (Å²) in [7, 11) is 0.819. The molecule has 0 unspecified atom stereocenters. The summed E-state index contributed by atoms with van der Waals surface area (Å²) < 4.78 is 47.5. The topological polar surface area (TPSA) is 47.0 Å². The van der Waals surface area contributed by atoms with Crippen molar-refractivity contribution in [3.8, 4) is 0 Å². The molecule has 9 heteroatoms. The molecule has 1 rings (SSSR count). The molecule has 1 aromatic rings. The molecule has 1 heterocycles. The molecular weight excluding hydrogens is 430 g/mol. The third kappa shape index (κ3) is 2.98. The van der Waals surface area contributed by atoms with E-state index in [0.29, 0.717) is 4.47 Å². The maximum atomic E-state index is 12.5. The van der Waals surface area contributed by atoms with Crippen LogP contribution in [0, 0.1) is 3.57 Å². The van der Waals surface area contributed by atoms with Crippen LogP contribution in [0.1, 0.15) is 12.1 Å². The van der Waals surface area contributed by atoms with Gasteiger partial charge in [-0.05, 0) is 38.5 Å². The van der Waals surface area contributed by atoms with Gasteiger partial charge < -0.3 is 0 Å². The van der Waals surface area contributed by atoms with Gasteiger partial charge in [-0.2, -0.15) is 0 Å². The van der Waals surface area contributed by atoms with Crippen LogP contribution in [-0.4, -0.2) is 13.4 Å². The number of alkyl halides is 2. The van der Waals surface area contributed by atoms with Crippen molar-refractivity contribution in [3.05, 3.63) is 19.9 Å². The van der Waals surface area contributed by atoms with Gasteiger partial charge in [0.05, 0.1) is 8.04 Å². The lowest BCUT2D eigenvalue weighted by Gasteiger charge is -2.08. The van der Waals surface area contributed by atoms with Crippen molar-refractivity contribution in [3.63, 3.8) is 0 Å². The fourth-order valence-corrected chi connectivity index (χ4v) is 4.14. The molecule has 3 nitrogen and oxygen atoms in total. The van der Waals surface area contributed by atoms with Gasteiger partial charge >= 0.3 is 0 Å². The molecule has 0 radical (unpaired) electrons. The standard InChI is InChI=1S/C6H2BrClF2INO2S/c7-2-1-12-4(6(9)10)5(3(2)11)15(8,13)14/h1,6H. The number of rotatable bonds is 2. The Morgan fingerprint density at radius 1 is 1.53 bits per heavy atom. The highest BCUT2D eigenvalue weighted by Gasteiger charge is 2.27. The second-order valence-electron chi connectivity index (χ2n) is 2.37. The molecule has 0 spiro atoms. The Balaban J connectivity index is 3.65. The van der Waals surface area contributed by atoms with Crippen molar-refractivity contribution in [2.45, 2.75) is 11.3 Å². The summed E-state index contributed by atoms with van der Waals surface area (Å²) in [5, 5.41) is 0. The average molecular weight is 432 g/mol. The zero-order valence-corrected chi connectivity index (χ0v) is 12.0. The van der Waals surface area contributed by atoms with Crippen molar-refractivity contribution in [1.29, 1.82) is 0 Å². The highest BCUT2D eigenvalue weighted by molar-refractivity contribution is 14.1. The lowest BCUT2D eigenvalue weighted by atomic mass is 10.3. The van der Waals surface area contributed by atoms with Crippen molar-refractivity contribution in [1.82, 2.24) is 4.98 Å². The lowest BCUT2D eigenvalue weighted by Crippen LogP contribution is -2.05. The normalized spacial score (nSPS) is 12.1. The first-order valence-corrected chi connectivity index (χ1v) is 7.50. The molecule has 0 aliphatic rings. The zero-order chi connectivity index (χ0) is 11.8. The molecule has 0 N–H and O–H groups in total. The van der Waals surface area contributed by atoms with E-state index in [2.05, 4.69) is 20.9 Å². The number of pyridine rings is 1. The van der Waals surface area contributed by atoms with Crippen LogP contribution in [0.25, 0.3) is 0 Å². The smallest absolute Gasteiger partial charge is 0.253 e. The predicted octanol–water partition coefficient (Wildman–Crippen LogP) is 3.31. The van der Waals surface area contributed by atoms with Crippen LogP contribution in [0.5, 0.6) is 0 Å². The van der Waals surface area contributed by atoms with Gasteiger partial charge in [-0.15, -0.1) is 0 Å². The summed E-state index contributed by atoms with van der Waals surface area (Å²) in [5.74, 6) is 0. The minimum Gasteiger partial charge on any atom is -0.253 e. The molecular formula is C6H2BrClF2INO2S. The van der Waals surface area contributed by atoms with Gasteiger partial charge in [0.15, 0.2) is 0 Å². The Bertz CT molecular complexity index is 496. The monoisotopic (exact) mass is 431 g/mol. The lowest BCUT2D eigenvalue weighted by molar-refractivity contribution is 0.142. The number of nitrogens with zero attached hydrogens (tertiary/aromatic N) is 1. The van der Waals surface area contributed by atoms with E-state index >= 15 is 0 Å². The van der Waals surface area contributed by atoms with E-state index in [-0.39, 0.29) is 3.57 Å². The van der Waals surface area contributed by atoms with Gasteiger partial charge in [-0.3, -0.25) is 4.98 Å². The summed E-state index contributed by atoms with van der Waals surface area (Å²) in [6.07, 6.45) is -1.88. The molecule has 0 saturated heterocycles. The average Bonchev–Trinajstić information content (AvgIpc) is 2.06. The highest BCUT2D eigenvalue weighted by Crippen LogP contribution is 2.34. The van der Waals surface area contributed by atoms with Gasteiger partial charge in [0, 0.05) is 16.9 Å². The van der Waals surface area contributed by atoms with Crippen LogP contribution >= 0.6 is 49.2 Å². The second kappa shape index (κ2) is 4.76. The molecule has 0 fully saturated rings. The first-order valence-electron chi connectivity index (χ1n) is 3.32. The van der Waals surface area contributed by atoms with Crippen molar-refractivity contribution in [2.24, 2.45) is 0 Å². The van der Waals surface area contributed by atoms with Crippen molar-refractivity contribution < 1.29 is 17.2 Å². The summed E-state index contributed by atoms with van der Waals surface area (Å²) in [4.78, 5) is 2.70. The van der Waals surface area contributed by atoms with Crippen LogP contribution in [0.3, 0.4) is 0 Å². The van der Waals surface area contributed by atoms with Crippen LogP contribution in [0.4, 0.5) is 8.78 Å². The van der Waals surface area contributed by atoms with Crippen LogP contribution in [-0.2, 0) is 9.05 Å². The van der Waals surface area contributed by atoms with Crippen molar-refractivity contribution in [2.75, 3.05) is 0 Å². The van der Waals surface area contributed by atoms with Gasteiger partial charge in [0.1, 0.15) is 10.6 Å². The third-order valence-electron chi connectivity index (χ3n) is 1.41. The fraction of sp³-hybridized carbons (Fsp3) is 0.167. The van der Waals surface area contributed by atoms with E-state index in [9.17, 15) is 17.2 Å². The fourth-order valence-electron chi connectivity index (χ4n) is 0.850. The maximum absolute atomic E-state index is 12.5. The molecule has 0 aliphatic carbocycles. The minimum atomic E-state index is -4.24. The first-order chi connectivity index (χ1) is 6.75. The first kappa shape index (κ1) is 13.5. The molecule has 0 bridgehead atoms. The Hall–Kier alpha value is 0.460. The molecule has 0 amide bonds. The summed E-state index contributed by atoms with van der Waals surface area (Å²) >= 11 is 4.59. The number of hydrogen-bond acceptors (Lipinski definition) is 3. The molecule has 1 aromatic heterocycles. The molecule has 84 valence electrons. The maximum Gasteiger partial charge on any atom is 0.281 e. The summed E-state index contributed by atoms with van der Waals surface area (Å²) in [6.45, 7) is 0. The quantitative estimate of drug-likeness (QED) is 0.532. The molecule has 0 saturated carbocycles. The summed E-state index contributed by atoms with van der Waals surface area (Å²) in [6, 6.07) is 0. The van der Waals surface area contributed by atoms with E-state index in [0.717, 1.165) is 6.20 Å². The molecule has 0 aromatic carbocycles. The largest absolute Gasteiger partial charge is 0.281 e. The Morgan fingerprint density at radius 3 is 2.47 bits per heavy atom. The van der Waals surface area contributed by atoms with E-state index in [1.165, 1.54) is 0 Å². The van der Waals surface area contributed by atoms with Crippen LogP contribution < -0.4 is 0 Å². The van der Waals surface area contributed by atoms with Crippen LogP contribution in [0.15, 0.2) is 15.6 Å². The zero-order valence-electron chi connectivity index (χ0n) is 6.72. The molecule has 0 aliphatic heterocycles. The van der Waals surface area contributed by atoms with E-state index < -0.39 is 26.1 Å². The van der Waals surface area contributed by atoms with Crippen molar-refractivity contribution >= 4 is 58.3 Å². The van der Waals surface area contributed by atoms with Crippen LogP contribution in [0.2, 0.25) is 0 Å². The predicted molar refractivity (Wildman–Crippen MR) is 62.6 cm³/mol. The Morgan fingerprint density at radius 2 is 2.07 bits per heavy atom. The third-order valence-corrected chi connectivity index (χ3v) is 5.60. The Kier molecular flexibility index (Phi) is 4.29. The summed E-state index contributed by atoms with van der Waals surface area (Å²) in [5.41, 5.74) is -0.836. The van der Waals surface area contributed by atoms with E-state index in [4.69, 9.17) is 10.7 Å². The number of halogens is 5.